The molecule has 30 heavy (non-hydrogen) atoms. The van der Waals surface area contributed by atoms with Crippen molar-refractivity contribution in [3.05, 3.63) is 59.9 Å². The summed E-state index contributed by atoms with van der Waals surface area (Å²) in [5, 5.41) is 0. The normalized spacial score (nSPS) is 15.4. The van der Waals surface area contributed by atoms with Crippen molar-refractivity contribution < 1.29 is 8.42 Å². The Balaban J connectivity index is 1.75. The van der Waals surface area contributed by atoms with Crippen molar-refractivity contribution in [2.75, 3.05) is 4.72 Å². The second-order valence-corrected chi connectivity index (χ2v) is 10.7. The standard InChI is InChI=1S/C24H29N3O2S/c1-24(2,3)23-25-21-16-19(26-30(28,29)20-12-8-5-9-13-20)14-15-22(21)27(23)17-18-10-6-4-7-11-18/h5,8-9,12-17,26H,4,6-7,10-11H2,1-3H3. The lowest BCUT2D eigenvalue weighted by Gasteiger charge is -2.20. The molecule has 0 unspecified atom stereocenters. The first-order chi connectivity index (χ1) is 14.2. The summed E-state index contributed by atoms with van der Waals surface area (Å²) in [4.78, 5) is 5.14. The van der Waals surface area contributed by atoms with Crippen molar-refractivity contribution in [3.8, 4) is 0 Å². The molecule has 1 heterocycles. The number of fused-ring (bicyclic) bond motifs is 1. The SMILES string of the molecule is CC(C)(C)c1nc2cc(NS(=O)(=O)c3ccccc3)ccc2n1C=C1CCCCC1. The Kier molecular flexibility index (Phi) is 5.45. The van der Waals surface area contributed by atoms with Crippen LogP contribution in [0.2, 0.25) is 0 Å². The van der Waals surface area contributed by atoms with Gasteiger partial charge < -0.3 is 4.57 Å². The van der Waals surface area contributed by atoms with E-state index in [-0.39, 0.29) is 10.3 Å². The number of imidazole rings is 1. The van der Waals surface area contributed by atoms with Crippen LogP contribution in [0.3, 0.4) is 0 Å². The third-order valence-electron chi connectivity index (χ3n) is 5.47. The molecular formula is C24H29N3O2S. The first-order valence-corrected chi connectivity index (χ1v) is 12.0. The van der Waals surface area contributed by atoms with E-state index < -0.39 is 10.0 Å². The van der Waals surface area contributed by atoms with E-state index in [0.29, 0.717) is 5.69 Å². The number of nitrogens with zero attached hydrogens (tertiary/aromatic N) is 2. The minimum Gasteiger partial charge on any atom is -0.303 e. The molecule has 2 aromatic carbocycles. The van der Waals surface area contributed by atoms with Crippen LogP contribution in [0, 0.1) is 0 Å². The summed E-state index contributed by atoms with van der Waals surface area (Å²) in [5.41, 5.74) is 3.64. The van der Waals surface area contributed by atoms with Gasteiger partial charge in [-0.15, -0.1) is 0 Å². The molecule has 0 spiro atoms. The zero-order chi connectivity index (χ0) is 21.4. The Hall–Kier alpha value is -2.60. The van der Waals surface area contributed by atoms with Gasteiger partial charge in [0.2, 0.25) is 0 Å². The van der Waals surface area contributed by atoms with Gasteiger partial charge in [0.1, 0.15) is 5.82 Å². The topological polar surface area (TPSA) is 64.0 Å². The smallest absolute Gasteiger partial charge is 0.261 e. The number of nitrogens with one attached hydrogen (secondary N) is 1. The third-order valence-corrected chi connectivity index (χ3v) is 6.87. The molecule has 6 heteroatoms. The molecule has 1 aromatic heterocycles. The first-order valence-electron chi connectivity index (χ1n) is 10.5. The molecule has 3 aromatic rings. The number of allylic oxidation sites excluding steroid dienone is 1. The zero-order valence-corrected chi connectivity index (χ0v) is 18.7. The largest absolute Gasteiger partial charge is 0.303 e. The maximum atomic E-state index is 12.7. The fourth-order valence-corrected chi connectivity index (χ4v) is 5.02. The van der Waals surface area contributed by atoms with Gasteiger partial charge in [-0.25, -0.2) is 13.4 Å². The Morgan fingerprint density at radius 3 is 2.37 bits per heavy atom. The number of rotatable bonds is 4. The lowest BCUT2D eigenvalue weighted by atomic mass is 9.94. The molecule has 1 aliphatic rings. The Morgan fingerprint density at radius 2 is 1.70 bits per heavy atom. The summed E-state index contributed by atoms with van der Waals surface area (Å²) in [6, 6.07) is 14.0. The summed E-state index contributed by atoms with van der Waals surface area (Å²) in [5.74, 6) is 0.985. The lowest BCUT2D eigenvalue weighted by molar-refractivity contribution is 0.541. The summed E-state index contributed by atoms with van der Waals surface area (Å²) in [6.45, 7) is 6.47. The quantitative estimate of drug-likeness (QED) is 0.565. The van der Waals surface area contributed by atoms with Crippen LogP contribution in [0.5, 0.6) is 0 Å². The number of hydrogen-bond donors (Lipinski definition) is 1. The molecule has 0 saturated heterocycles. The van der Waals surface area contributed by atoms with Gasteiger partial charge >= 0.3 is 0 Å². The molecule has 1 aliphatic carbocycles. The van der Waals surface area contributed by atoms with Crippen molar-refractivity contribution in [2.45, 2.75) is 63.2 Å². The highest BCUT2D eigenvalue weighted by Gasteiger charge is 2.23. The van der Waals surface area contributed by atoms with Crippen LogP contribution in [-0.2, 0) is 15.4 Å². The van der Waals surface area contributed by atoms with Crippen molar-refractivity contribution in [1.29, 1.82) is 0 Å². The van der Waals surface area contributed by atoms with Gasteiger partial charge in [0.05, 0.1) is 21.6 Å². The van der Waals surface area contributed by atoms with Crippen LogP contribution in [0.15, 0.2) is 59.0 Å². The van der Waals surface area contributed by atoms with Crippen LogP contribution in [0.25, 0.3) is 17.2 Å². The van der Waals surface area contributed by atoms with Crippen LogP contribution in [-0.4, -0.2) is 18.0 Å². The molecule has 158 valence electrons. The molecule has 1 N–H and O–H groups in total. The van der Waals surface area contributed by atoms with Gasteiger partial charge in [-0.2, -0.15) is 0 Å². The van der Waals surface area contributed by atoms with Gasteiger partial charge in [-0.05, 0) is 56.0 Å². The highest BCUT2D eigenvalue weighted by Crippen LogP contribution is 2.31. The van der Waals surface area contributed by atoms with Crippen molar-refractivity contribution in [1.82, 2.24) is 9.55 Å². The molecular weight excluding hydrogens is 394 g/mol. The van der Waals surface area contributed by atoms with E-state index in [4.69, 9.17) is 4.98 Å². The molecule has 0 aliphatic heterocycles. The minimum atomic E-state index is -3.63. The second-order valence-electron chi connectivity index (χ2n) is 9.03. The summed E-state index contributed by atoms with van der Waals surface area (Å²) < 4.78 is 30.3. The van der Waals surface area contributed by atoms with Crippen molar-refractivity contribution in [2.24, 2.45) is 0 Å². The molecule has 1 fully saturated rings. The maximum Gasteiger partial charge on any atom is 0.261 e. The molecule has 0 radical (unpaired) electrons. The van der Waals surface area contributed by atoms with E-state index in [2.05, 4.69) is 36.3 Å². The molecule has 0 amide bonds. The van der Waals surface area contributed by atoms with Gasteiger partial charge in [0, 0.05) is 11.6 Å². The average Bonchev–Trinajstić information content (AvgIpc) is 3.07. The first kappa shape index (κ1) is 20.7. The lowest BCUT2D eigenvalue weighted by Crippen LogP contribution is -2.17. The van der Waals surface area contributed by atoms with Crippen LogP contribution in [0.4, 0.5) is 5.69 Å². The minimum absolute atomic E-state index is 0.131. The number of aromatic nitrogens is 2. The molecule has 0 atom stereocenters. The van der Waals surface area contributed by atoms with Crippen molar-refractivity contribution >= 4 is 32.9 Å². The van der Waals surface area contributed by atoms with E-state index in [0.717, 1.165) is 29.7 Å². The molecule has 0 bridgehead atoms. The number of anilines is 1. The summed E-state index contributed by atoms with van der Waals surface area (Å²) in [6.07, 6.45) is 8.32. The molecule has 5 nitrogen and oxygen atoms in total. The summed E-state index contributed by atoms with van der Waals surface area (Å²) in [7, 11) is -3.63. The van der Waals surface area contributed by atoms with Gasteiger partial charge in [0.25, 0.3) is 10.0 Å². The van der Waals surface area contributed by atoms with Gasteiger partial charge in [0.15, 0.2) is 0 Å². The monoisotopic (exact) mass is 423 g/mol. The van der Waals surface area contributed by atoms with Crippen LogP contribution < -0.4 is 4.72 Å². The second kappa shape index (κ2) is 7.91. The van der Waals surface area contributed by atoms with Gasteiger partial charge in [-0.1, -0.05) is 51.0 Å². The molecule has 1 saturated carbocycles. The van der Waals surface area contributed by atoms with Crippen LogP contribution in [0.1, 0.15) is 58.7 Å². The number of benzene rings is 2. The van der Waals surface area contributed by atoms with E-state index in [1.54, 1.807) is 30.3 Å². The Labute approximate surface area is 178 Å². The van der Waals surface area contributed by atoms with E-state index >= 15 is 0 Å². The van der Waals surface area contributed by atoms with E-state index in [1.165, 1.54) is 24.8 Å². The highest BCUT2D eigenvalue weighted by molar-refractivity contribution is 7.92. The summed E-state index contributed by atoms with van der Waals surface area (Å²) >= 11 is 0. The molecule has 4 rings (SSSR count). The zero-order valence-electron chi connectivity index (χ0n) is 17.9. The van der Waals surface area contributed by atoms with E-state index in [1.807, 2.05) is 18.2 Å². The fourth-order valence-electron chi connectivity index (χ4n) is 3.95. The van der Waals surface area contributed by atoms with E-state index in [9.17, 15) is 8.42 Å². The van der Waals surface area contributed by atoms with Crippen LogP contribution >= 0.6 is 0 Å². The maximum absolute atomic E-state index is 12.7. The predicted molar refractivity (Wildman–Crippen MR) is 123 cm³/mol. The average molecular weight is 424 g/mol. The fraction of sp³-hybridized carbons (Fsp3) is 0.375. The Bertz CT molecular complexity index is 1180. The number of sulfonamides is 1. The highest BCUT2D eigenvalue weighted by atomic mass is 32.2. The number of hydrogen-bond acceptors (Lipinski definition) is 3. The van der Waals surface area contributed by atoms with Crippen molar-refractivity contribution in [3.63, 3.8) is 0 Å². The predicted octanol–water partition coefficient (Wildman–Crippen LogP) is 5.94. The third kappa shape index (κ3) is 4.29. The Morgan fingerprint density at radius 1 is 1.00 bits per heavy atom. The van der Waals surface area contributed by atoms with Gasteiger partial charge in [-0.3, -0.25) is 4.72 Å².